The topological polar surface area (TPSA) is 36.9 Å². The zero-order valence-corrected chi connectivity index (χ0v) is 13.2. The molecule has 0 spiro atoms. The molecule has 1 aliphatic heterocycles. The first-order chi connectivity index (χ1) is 9.57. The van der Waals surface area contributed by atoms with Gasteiger partial charge in [-0.3, -0.25) is 0 Å². The molecule has 2 fully saturated rings. The van der Waals surface area contributed by atoms with Crippen LogP contribution < -0.4 is 0 Å². The highest BCUT2D eigenvalue weighted by Gasteiger charge is 2.36. The van der Waals surface area contributed by atoms with Crippen molar-refractivity contribution in [2.24, 2.45) is 11.3 Å². The smallest absolute Gasteiger partial charge is 0.0840 e. The van der Waals surface area contributed by atoms with Crippen molar-refractivity contribution < 1.29 is 18.9 Å². The van der Waals surface area contributed by atoms with E-state index >= 15 is 0 Å². The van der Waals surface area contributed by atoms with Crippen molar-refractivity contribution in [2.75, 3.05) is 39.6 Å². The average Bonchev–Trinajstić information content (AvgIpc) is 2.38. The molecule has 0 radical (unpaired) electrons. The third-order valence-electron chi connectivity index (χ3n) is 4.45. The Bertz CT molecular complexity index is 274. The lowest BCUT2D eigenvalue weighted by atomic mass is 9.71. The lowest BCUT2D eigenvalue weighted by Crippen LogP contribution is -2.42. The minimum atomic E-state index is 0.205. The van der Waals surface area contributed by atoms with Gasteiger partial charge in [-0.1, -0.05) is 20.8 Å². The second-order valence-corrected chi connectivity index (χ2v) is 6.92. The lowest BCUT2D eigenvalue weighted by molar-refractivity contribution is -0.133. The van der Waals surface area contributed by atoms with E-state index in [1.54, 1.807) is 0 Å². The Morgan fingerprint density at radius 2 is 1.25 bits per heavy atom. The Morgan fingerprint density at radius 1 is 0.700 bits per heavy atom. The molecule has 0 aromatic rings. The Hall–Kier alpha value is -0.160. The highest BCUT2D eigenvalue weighted by molar-refractivity contribution is 4.87. The van der Waals surface area contributed by atoms with Gasteiger partial charge in [0.05, 0.1) is 51.8 Å². The molecule has 4 nitrogen and oxygen atoms in total. The van der Waals surface area contributed by atoms with Crippen molar-refractivity contribution in [2.45, 2.75) is 52.2 Å². The summed E-state index contributed by atoms with van der Waals surface area (Å²) in [5.41, 5.74) is 0.345. The van der Waals surface area contributed by atoms with Gasteiger partial charge in [-0.05, 0) is 30.6 Å². The maximum atomic E-state index is 6.05. The van der Waals surface area contributed by atoms with Crippen molar-refractivity contribution in [1.29, 1.82) is 0 Å². The zero-order valence-electron chi connectivity index (χ0n) is 13.2. The van der Waals surface area contributed by atoms with Crippen LogP contribution in [0, 0.1) is 11.3 Å². The number of rotatable bonds is 0. The van der Waals surface area contributed by atoms with Crippen molar-refractivity contribution in [3.8, 4) is 0 Å². The van der Waals surface area contributed by atoms with Crippen LogP contribution in [0.2, 0.25) is 0 Å². The number of ether oxygens (including phenoxy) is 4. The van der Waals surface area contributed by atoms with Crippen LogP contribution in [0.1, 0.15) is 40.0 Å². The molecule has 4 heteroatoms. The zero-order chi connectivity index (χ0) is 14.4. The fourth-order valence-electron chi connectivity index (χ4n) is 3.09. The molecule has 1 aliphatic carbocycles. The predicted molar refractivity (Wildman–Crippen MR) is 77.9 cm³/mol. The van der Waals surface area contributed by atoms with E-state index in [1.807, 2.05) is 0 Å². The molecule has 0 amide bonds. The van der Waals surface area contributed by atoms with Gasteiger partial charge >= 0.3 is 0 Å². The van der Waals surface area contributed by atoms with E-state index in [9.17, 15) is 0 Å². The molecule has 0 bridgehead atoms. The van der Waals surface area contributed by atoms with Gasteiger partial charge in [0.25, 0.3) is 0 Å². The van der Waals surface area contributed by atoms with E-state index in [0.29, 0.717) is 51.0 Å². The first kappa shape index (κ1) is 16.2. The summed E-state index contributed by atoms with van der Waals surface area (Å²) >= 11 is 0. The Morgan fingerprint density at radius 3 is 1.85 bits per heavy atom. The van der Waals surface area contributed by atoms with Crippen LogP contribution in [0.3, 0.4) is 0 Å². The summed E-state index contributed by atoms with van der Waals surface area (Å²) < 4.78 is 23.0. The molecule has 1 heterocycles. The van der Waals surface area contributed by atoms with Crippen molar-refractivity contribution >= 4 is 0 Å². The molecular formula is C16H30O4. The second kappa shape index (κ2) is 7.74. The van der Waals surface area contributed by atoms with Crippen molar-refractivity contribution in [1.82, 2.24) is 0 Å². The standard InChI is InChI=1S/C16H30O4/c1-16(2,3)13-4-5-14-15(12-13)20-11-9-18-7-6-17-8-10-19-14/h13-15H,4-12H2,1-3H3/t13-,14-,15+/m1/s1. The maximum absolute atomic E-state index is 6.05. The van der Waals surface area contributed by atoms with Crippen molar-refractivity contribution in [3.05, 3.63) is 0 Å². The minimum absolute atomic E-state index is 0.205. The summed E-state index contributed by atoms with van der Waals surface area (Å²) in [6.45, 7) is 10.9. The number of hydrogen-bond acceptors (Lipinski definition) is 4. The second-order valence-electron chi connectivity index (χ2n) is 6.92. The van der Waals surface area contributed by atoms with Crippen LogP contribution in [-0.4, -0.2) is 51.8 Å². The number of fused-ring (bicyclic) bond motifs is 1. The van der Waals surface area contributed by atoms with Gasteiger partial charge in [0.2, 0.25) is 0 Å². The van der Waals surface area contributed by atoms with Crippen molar-refractivity contribution in [3.63, 3.8) is 0 Å². The summed E-state index contributed by atoms with van der Waals surface area (Å²) in [5.74, 6) is 0.706. The molecule has 0 aromatic carbocycles. The van der Waals surface area contributed by atoms with Crippen LogP contribution in [0.4, 0.5) is 0 Å². The normalized spacial score (nSPS) is 34.6. The fraction of sp³-hybridized carbons (Fsp3) is 1.00. The third-order valence-corrected chi connectivity index (χ3v) is 4.45. The number of hydrogen-bond donors (Lipinski definition) is 0. The van der Waals surface area contributed by atoms with Gasteiger partial charge in [0.15, 0.2) is 0 Å². The first-order valence-corrected chi connectivity index (χ1v) is 7.96. The third kappa shape index (κ3) is 4.99. The van der Waals surface area contributed by atoms with Gasteiger partial charge in [0, 0.05) is 0 Å². The average molecular weight is 286 g/mol. The van der Waals surface area contributed by atoms with Gasteiger partial charge in [-0.15, -0.1) is 0 Å². The minimum Gasteiger partial charge on any atom is -0.377 e. The van der Waals surface area contributed by atoms with Gasteiger partial charge < -0.3 is 18.9 Å². The largest absolute Gasteiger partial charge is 0.377 e. The van der Waals surface area contributed by atoms with Gasteiger partial charge in [-0.2, -0.15) is 0 Å². The molecule has 1 saturated carbocycles. The predicted octanol–water partition coefficient (Wildman–Crippen LogP) is 2.65. The van der Waals surface area contributed by atoms with E-state index in [2.05, 4.69) is 20.8 Å². The lowest BCUT2D eigenvalue weighted by Gasteiger charge is -2.41. The van der Waals surface area contributed by atoms with Crippen LogP contribution in [0.5, 0.6) is 0 Å². The molecule has 0 N–H and O–H groups in total. The Labute approximate surface area is 123 Å². The summed E-state index contributed by atoms with van der Waals surface area (Å²) in [5, 5.41) is 0. The quantitative estimate of drug-likeness (QED) is 0.686. The van der Waals surface area contributed by atoms with Gasteiger partial charge in [-0.25, -0.2) is 0 Å². The van der Waals surface area contributed by atoms with E-state index in [-0.39, 0.29) is 12.2 Å². The molecule has 2 aliphatic rings. The first-order valence-electron chi connectivity index (χ1n) is 7.96. The summed E-state index contributed by atoms with van der Waals surface area (Å²) in [7, 11) is 0. The fourth-order valence-corrected chi connectivity index (χ4v) is 3.09. The SMILES string of the molecule is CC(C)(C)[C@@H]1CC[C@H]2OCCOCCOCCO[C@H]2C1. The van der Waals surface area contributed by atoms with E-state index in [1.165, 1.54) is 6.42 Å². The Kier molecular flexibility index (Phi) is 6.27. The van der Waals surface area contributed by atoms with E-state index in [0.717, 1.165) is 12.8 Å². The van der Waals surface area contributed by atoms with Crippen LogP contribution in [0.25, 0.3) is 0 Å². The summed E-state index contributed by atoms with van der Waals surface area (Å²) in [6, 6.07) is 0. The van der Waals surface area contributed by atoms with Crippen LogP contribution in [-0.2, 0) is 18.9 Å². The highest BCUT2D eigenvalue weighted by Crippen LogP contribution is 2.39. The van der Waals surface area contributed by atoms with Gasteiger partial charge in [0.1, 0.15) is 0 Å². The molecule has 20 heavy (non-hydrogen) atoms. The molecule has 0 aromatic heterocycles. The molecule has 0 unspecified atom stereocenters. The highest BCUT2D eigenvalue weighted by atomic mass is 16.6. The molecule has 1 saturated heterocycles. The van der Waals surface area contributed by atoms with Crippen LogP contribution >= 0.6 is 0 Å². The molecular weight excluding hydrogens is 256 g/mol. The molecule has 3 atom stereocenters. The van der Waals surface area contributed by atoms with E-state index < -0.39 is 0 Å². The maximum Gasteiger partial charge on any atom is 0.0840 e. The van der Waals surface area contributed by atoms with E-state index in [4.69, 9.17) is 18.9 Å². The molecule has 2 rings (SSSR count). The monoisotopic (exact) mass is 286 g/mol. The summed E-state index contributed by atoms with van der Waals surface area (Å²) in [6.07, 6.45) is 3.83. The van der Waals surface area contributed by atoms with Crippen LogP contribution in [0.15, 0.2) is 0 Å². The summed E-state index contributed by atoms with van der Waals surface area (Å²) in [4.78, 5) is 0. The molecule has 118 valence electrons. The Balaban J connectivity index is 1.90.